The van der Waals surface area contributed by atoms with Crippen LogP contribution in [-0.2, 0) is 14.3 Å². The number of ether oxygens (including phenoxy) is 1. The van der Waals surface area contributed by atoms with Gasteiger partial charge >= 0.3 is 0 Å². The van der Waals surface area contributed by atoms with Crippen molar-refractivity contribution in [3.63, 3.8) is 0 Å². The minimum Gasteiger partial charge on any atom is -0.550 e. The Morgan fingerprint density at radius 2 is 1.95 bits per heavy atom. The van der Waals surface area contributed by atoms with Crippen molar-refractivity contribution >= 4 is 17.6 Å². The lowest BCUT2D eigenvalue weighted by atomic mass is 9.78. The Labute approximate surface area is 121 Å². The molecule has 3 rings (SSSR count). The molecule has 1 aromatic carbocycles. The maximum Gasteiger partial charge on any atom is 0.230 e. The highest BCUT2D eigenvalue weighted by atomic mass is 19.1. The van der Waals surface area contributed by atoms with E-state index in [1.54, 1.807) is 13.0 Å². The number of nitrogens with one attached hydrogen (secondary N) is 1. The molecule has 4 atom stereocenters. The summed E-state index contributed by atoms with van der Waals surface area (Å²) >= 11 is 0. The molecule has 6 heteroatoms. The molecular weight excluding hydrogens is 277 g/mol. The zero-order chi connectivity index (χ0) is 15.1. The quantitative estimate of drug-likeness (QED) is 0.885. The van der Waals surface area contributed by atoms with Crippen molar-refractivity contribution in [1.29, 1.82) is 0 Å². The molecule has 2 aliphatic rings. The van der Waals surface area contributed by atoms with Gasteiger partial charge in [0.1, 0.15) is 5.82 Å². The van der Waals surface area contributed by atoms with Crippen molar-refractivity contribution in [2.24, 2.45) is 11.8 Å². The number of rotatable bonds is 3. The molecule has 2 saturated heterocycles. The number of aryl methyl sites for hydroxylation is 1. The molecule has 21 heavy (non-hydrogen) atoms. The SMILES string of the molecule is Cc1ccc(F)c(NC(=O)[C@@H]2[C@@H](C(=O)[O-])[C@@H]3CC[C@H]2O3)c1. The number of hydrogen-bond acceptors (Lipinski definition) is 4. The molecule has 5 nitrogen and oxygen atoms in total. The highest BCUT2D eigenvalue weighted by molar-refractivity contribution is 5.96. The minimum absolute atomic E-state index is 0.0554. The van der Waals surface area contributed by atoms with Crippen LogP contribution in [0.15, 0.2) is 18.2 Å². The Balaban J connectivity index is 1.81. The normalized spacial score (nSPS) is 30.4. The van der Waals surface area contributed by atoms with Gasteiger partial charge in [-0.15, -0.1) is 0 Å². The van der Waals surface area contributed by atoms with Gasteiger partial charge in [-0.3, -0.25) is 4.79 Å². The van der Waals surface area contributed by atoms with Crippen LogP contribution in [0.25, 0.3) is 0 Å². The van der Waals surface area contributed by atoms with Crippen LogP contribution in [0.3, 0.4) is 0 Å². The summed E-state index contributed by atoms with van der Waals surface area (Å²) in [4.78, 5) is 23.6. The van der Waals surface area contributed by atoms with Crippen molar-refractivity contribution in [2.45, 2.75) is 32.0 Å². The van der Waals surface area contributed by atoms with E-state index in [2.05, 4.69) is 5.32 Å². The maximum absolute atomic E-state index is 13.7. The average Bonchev–Trinajstić information content (AvgIpc) is 3.03. The van der Waals surface area contributed by atoms with Crippen molar-refractivity contribution in [1.82, 2.24) is 0 Å². The summed E-state index contributed by atoms with van der Waals surface area (Å²) in [6.45, 7) is 1.78. The number of carboxylic acids is 1. The molecule has 1 N–H and O–H groups in total. The van der Waals surface area contributed by atoms with Gasteiger partial charge in [-0.25, -0.2) is 4.39 Å². The van der Waals surface area contributed by atoms with E-state index in [0.717, 1.165) is 5.56 Å². The van der Waals surface area contributed by atoms with Gasteiger partial charge < -0.3 is 20.0 Å². The lowest BCUT2D eigenvalue weighted by molar-refractivity contribution is -0.313. The van der Waals surface area contributed by atoms with Crippen LogP contribution >= 0.6 is 0 Å². The predicted octanol–water partition coefficient (Wildman–Crippen LogP) is 0.616. The van der Waals surface area contributed by atoms with E-state index in [9.17, 15) is 19.1 Å². The molecule has 1 amide bonds. The number of carbonyl (C=O) groups is 2. The maximum atomic E-state index is 13.7. The molecule has 0 spiro atoms. The molecule has 2 heterocycles. The molecule has 2 aliphatic heterocycles. The highest BCUT2D eigenvalue weighted by Crippen LogP contribution is 2.43. The summed E-state index contributed by atoms with van der Waals surface area (Å²) in [6, 6.07) is 4.36. The Bertz CT molecular complexity index is 603. The summed E-state index contributed by atoms with van der Waals surface area (Å²) in [7, 11) is 0. The van der Waals surface area contributed by atoms with Crippen molar-refractivity contribution in [2.75, 3.05) is 5.32 Å². The van der Waals surface area contributed by atoms with E-state index in [1.165, 1.54) is 12.1 Å². The van der Waals surface area contributed by atoms with Crippen LogP contribution in [0.1, 0.15) is 18.4 Å². The Kier molecular flexibility index (Phi) is 3.41. The first-order valence-electron chi connectivity index (χ1n) is 6.90. The fourth-order valence-corrected chi connectivity index (χ4v) is 3.26. The molecule has 0 unspecified atom stereocenters. The second-order valence-corrected chi connectivity index (χ2v) is 5.63. The van der Waals surface area contributed by atoms with Gasteiger partial charge in [-0.05, 0) is 37.5 Å². The molecule has 2 fully saturated rings. The number of anilines is 1. The summed E-state index contributed by atoms with van der Waals surface area (Å²) < 4.78 is 19.2. The van der Waals surface area contributed by atoms with Gasteiger partial charge in [0, 0.05) is 11.9 Å². The van der Waals surface area contributed by atoms with Gasteiger partial charge in [0.25, 0.3) is 0 Å². The third-order valence-corrected chi connectivity index (χ3v) is 4.23. The van der Waals surface area contributed by atoms with E-state index in [1.807, 2.05) is 0 Å². The number of amides is 1. The lowest BCUT2D eigenvalue weighted by Crippen LogP contribution is -2.46. The number of benzene rings is 1. The number of halogens is 1. The second kappa shape index (κ2) is 5.11. The Morgan fingerprint density at radius 1 is 1.29 bits per heavy atom. The van der Waals surface area contributed by atoms with E-state index in [0.29, 0.717) is 12.8 Å². The van der Waals surface area contributed by atoms with Gasteiger partial charge in [0.2, 0.25) is 5.91 Å². The predicted molar refractivity (Wildman–Crippen MR) is 69.6 cm³/mol. The molecule has 0 saturated carbocycles. The molecule has 2 bridgehead atoms. The van der Waals surface area contributed by atoms with E-state index >= 15 is 0 Å². The molecule has 0 radical (unpaired) electrons. The van der Waals surface area contributed by atoms with E-state index in [-0.39, 0.29) is 5.69 Å². The fourth-order valence-electron chi connectivity index (χ4n) is 3.26. The van der Waals surface area contributed by atoms with Crippen LogP contribution in [0.4, 0.5) is 10.1 Å². The lowest BCUT2D eigenvalue weighted by Gasteiger charge is -2.27. The first-order chi connectivity index (χ1) is 9.97. The van der Waals surface area contributed by atoms with Gasteiger partial charge in [-0.2, -0.15) is 0 Å². The summed E-state index contributed by atoms with van der Waals surface area (Å²) in [6.07, 6.45) is 0.359. The van der Waals surface area contributed by atoms with Crippen LogP contribution in [-0.4, -0.2) is 24.1 Å². The number of carboxylic acid groups (broad SMARTS) is 1. The van der Waals surface area contributed by atoms with Crippen molar-refractivity contribution < 1.29 is 23.8 Å². The molecule has 112 valence electrons. The third kappa shape index (κ3) is 2.40. The number of aliphatic carboxylic acids is 1. The zero-order valence-corrected chi connectivity index (χ0v) is 11.5. The first-order valence-corrected chi connectivity index (χ1v) is 6.90. The third-order valence-electron chi connectivity index (χ3n) is 4.23. The largest absolute Gasteiger partial charge is 0.550 e. The van der Waals surface area contributed by atoms with Gasteiger partial charge in [-0.1, -0.05) is 6.07 Å². The standard InChI is InChI=1S/C15H16FNO4/c1-7-2-3-8(16)9(6-7)17-14(18)12-10-4-5-11(21-10)13(12)15(19)20/h2-3,6,10-13H,4-5H2,1H3,(H,17,18)(H,19,20)/p-1/t10-,11+,12+,13+/m1/s1. The molecular formula is C15H15FNO4-. The molecule has 0 aromatic heterocycles. The summed E-state index contributed by atoms with van der Waals surface area (Å²) in [5.41, 5.74) is 0.854. The zero-order valence-electron chi connectivity index (χ0n) is 11.5. The topological polar surface area (TPSA) is 78.5 Å². The van der Waals surface area contributed by atoms with Crippen LogP contribution in [0, 0.1) is 24.6 Å². The van der Waals surface area contributed by atoms with Crippen LogP contribution < -0.4 is 10.4 Å². The van der Waals surface area contributed by atoms with Crippen LogP contribution in [0.2, 0.25) is 0 Å². The number of fused-ring (bicyclic) bond motifs is 2. The monoisotopic (exact) mass is 292 g/mol. The Morgan fingerprint density at radius 3 is 2.62 bits per heavy atom. The fraction of sp³-hybridized carbons (Fsp3) is 0.467. The van der Waals surface area contributed by atoms with Crippen molar-refractivity contribution in [3.05, 3.63) is 29.6 Å². The first kappa shape index (κ1) is 14.0. The van der Waals surface area contributed by atoms with Crippen LogP contribution in [0.5, 0.6) is 0 Å². The number of hydrogen-bond donors (Lipinski definition) is 1. The average molecular weight is 292 g/mol. The summed E-state index contributed by atoms with van der Waals surface area (Å²) in [5.74, 6) is -4.15. The Hall–Kier alpha value is -1.95. The van der Waals surface area contributed by atoms with E-state index in [4.69, 9.17) is 4.74 Å². The smallest absolute Gasteiger partial charge is 0.230 e. The molecule has 1 aromatic rings. The van der Waals surface area contributed by atoms with Gasteiger partial charge in [0.05, 0.1) is 23.8 Å². The minimum atomic E-state index is -1.29. The van der Waals surface area contributed by atoms with Gasteiger partial charge in [0.15, 0.2) is 0 Å². The number of carbonyl (C=O) groups excluding carboxylic acids is 2. The highest BCUT2D eigenvalue weighted by Gasteiger charge is 2.52. The summed E-state index contributed by atoms with van der Waals surface area (Å²) in [5, 5.41) is 13.7. The van der Waals surface area contributed by atoms with E-state index < -0.39 is 41.7 Å². The molecule has 0 aliphatic carbocycles. The second-order valence-electron chi connectivity index (χ2n) is 5.63. The van der Waals surface area contributed by atoms with Crippen molar-refractivity contribution in [3.8, 4) is 0 Å².